The standard InChI is InChI=1S/C30H50O5/c1-20(9-6-15-29(3,4)34)24-13-14-25-22(10-7-16-30(24,25)5)11-12-23-19-26(32)28(27(33)21(23)2)35-18-8-17-31/h11-12,20,24-28,31-34H,2,6-10,13-19H2,1,3-5H3/b22-11+,23-12?/t20-,24-,25+,26-,27-,28-,30-/m1/s1/i3D3,4D3. The van der Waals surface area contributed by atoms with Crippen molar-refractivity contribution in [2.75, 3.05) is 13.2 Å². The van der Waals surface area contributed by atoms with Gasteiger partial charge in [-0.2, -0.15) is 0 Å². The van der Waals surface area contributed by atoms with E-state index in [0.717, 1.165) is 37.7 Å². The Morgan fingerprint density at radius 2 is 2.03 bits per heavy atom. The van der Waals surface area contributed by atoms with Crippen LogP contribution in [0.3, 0.4) is 0 Å². The van der Waals surface area contributed by atoms with Crippen molar-refractivity contribution in [2.24, 2.45) is 23.2 Å². The zero-order valence-corrected chi connectivity index (χ0v) is 21.5. The molecule has 3 fully saturated rings. The van der Waals surface area contributed by atoms with Crippen molar-refractivity contribution in [3.05, 3.63) is 35.5 Å². The predicted octanol–water partition coefficient (Wildman–Crippen LogP) is 5.08. The highest BCUT2D eigenvalue weighted by Gasteiger charge is 2.50. The smallest absolute Gasteiger partial charge is 0.114 e. The Morgan fingerprint density at radius 3 is 2.74 bits per heavy atom. The largest absolute Gasteiger partial charge is 0.396 e. The van der Waals surface area contributed by atoms with E-state index in [0.29, 0.717) is 43.1 Å². The van der Waals surface area contributed by atoms with E-state index in [4.69, 9.17) is 18.1 Å². The molecule has 5 heteroatoms. The molecular weight excluding hydrogens is 440 g/mol. The third-order valence-electron chi connectivity index (χ3n) is 8.92. The summed E-state index contributed by atoms with van der Waals surface area (Å²) in [5.41, 5.74) is 0.0858. The van der Waals surface area contributed by atoms with Gasteiger partial charge in [-0.05, 0) is 93.0 Å². The number of allylic oxidation sites excluding steroid dienone is 3. The Morgan fingerprint density at radius 1 is 1.26 bits per heavy atom. The molecule has 0 aromatic carbocycles. The molecule has 3 aliphatic rings. The number of rotatable bonds is 10. The lowest BCUT2D eigenvalue weighted by atomic mass is 9.60. The molecule has 35 heavy (non-hydrogen) atoms. The van der Waals surface area contributed by atoms with Gasteiger partial charge in [0.05, 0.1) is 11.7 Å². The SMILES string of the molecule is [2H]C([2H])([2H])C(O)(CCC[C@@H](C)[C@H]1CC[C@H]2/C(=C/C=C3C[C@@H](O)[C@@H](OCCCO)[C@H](O)C3=C)CCC[C@]12C)C([2H])([2H])[2H]. The highest BCUT2D eigenvalue weighted by atomic mass is 16.5. The van der Waals surface area contributed by atoms with Gasteiger partial charge < -0.3 is 25.2 Å². The lowest BCUT2D eigenvalue weighted by Gasteiger charge is -2.44. The number of aliphatic hydroxyl groups is 4. The lowest BCUT2D eigenvalue weighted by Crippen LogP contribution is -2.45. The molecule has 0 aromatic heterocycles. The highest BCUT2D eigenvalue weighted by molar-refractivity contribution is 5.40. The number of fused-ring (bicyclic) bond motifs is 1. The Kier molecular flexibility index (Phi) is 7.23. The molecule has 0 heterocycles. The molecular formula is C30H50O5. The average Bonchev–Trinajstić information content (AvgIpc) is 3.23. The molecule has 7 atom stereocenters. The minimum absolute atomic E-state index is 0.0169. The van der Waals surface area contributed by atoms with Gasteiger partial charge in [0.2, 0.25) is 0 Å². The van der Waals surface area contributed by atoms with Crippen molar-refractivity contribution in [3.8, 4) is 0 Å². The molecule has 5 nitrogen and oxygen atoms in total. The van der Waals surface area contributed by atoms with Crippen LogP contribution in [0.1, 0.15) is 100.0 Å². The Balaban J connectivity index is 1.67. The molecule has 0 radical (unpaired) electrons. The van der Waals surface area contributed by atoms with Crippen molar-refractivity contribution in [1.29, 1.82) is 0 Å². The molecule has 3 saturated carbocycles. The van der Waals surface area contributed by atoms with Gasteiger partial charge in [0.25, 0.3) is 0 Å². The maximum absolute atomic E-state index is 10.7. The summed E-state index contributed by atoms with van der Waals surface area (Å²) in [6.07, 6.45) is 8.18. The van der Waals surface area contributed by atoms with Crippen LogP contribution in [0, 0.1) is 23.2 Å². The quantitative estimate of drug-likeness (QED) is 0.317. The molecule has 0 aliphatic heterocycles. The number of aliphatic hydroxyl groups excluding tert-OH is 3. The summed E-state index contributed by atoms with van der Waals surface area (Å²) in [5.74, 6) is 1.05. The van der Waals surface area contributed by atoms with Crippen LogP contribution in [-0.4, -0.2) is 57.6 Å². The number of ether oxygens (including phenoxy) is 1. The first-order valence-electron chi connectivity index (χ1n) is 16.4. The molecule has 4 N–H and O–H groups in total. The van der Waals surface area contributed by atoms with Crippen molar-refractivity contribution in [1.82, 2.24) is 0 Å². The summed E-state index contributed by atoms with van der Waals surface area (Å²) in [6, 6.07) is 0. The number of hydrogen-bond acceptors (Lipinski definition) is 5. The minimum Gasteiger partial charge on any atom is -0.396 e. The topological polar surface area (TPSA) is 90.2 Å². The molecule has 0 aromatic rings. The Bertz CT molecular complexity index is 959. The van der Waals surface area contributed by atoms with Gasteiger partial charge in [-0.25, -0.2) is 0 Å². The van der Waals surface area contributed by atoms with Gasteiger partial charge in [-0.15, -0.1) is 0 Å². The normalized spacial score (nSPS) is 40.4. The molecule has 3 rings (SSSR count). The fourth-order valence-corrected chi connectivity index (χ4v) is 7.04. The first kappa shape index (κ1) is 21.0. The highest BCUT2D eigenvalue weighted by Crippen LogP contribution is 2.60. The Labute approximate surface area is 221 Å². The van der Waals surface area contributed by atoms with Crippen LogP contribution in [0.25, 0.3) is 0 Å². The molecule has 0 saturated heterocycles. The van der Waals surface area contributed by atoms with Crippen LogP contribution in [0.15, 0.2) is 35.5 Å². The van der Waals surface area contributed by atoms with E-state index in [-0.39, 0.29) is 31.0 Å². The van der Waals surface area contributed by atoms with Crippen LogP contribution in [0.4, 0.5) is 0 Å². The summed E-state index contributed by atoms with van der Waals surface area (Å²) in [5, 5.41) is 41.0. The fourth-order valence-electron chi connectivity index (χ4n) is 7.04. The van der Waals surface area contributed by atoms with Crippen molar-refractivity contribution >= 4 is 0 Å². The summed E-state index contributed by atoms with van der Waals surface area (Å²) >= 11 is 0. The minimum atomic E-state index is -2.98. The average molecular weight is 497 g/mol. The van der Waals surface area contributed by atoms with Crippen LogP contribution in [-0.2, 0) is 4.74 Å². The first-order chi connectivity index (χ1) is 19.0. The molecule has 0 spiro atoms. The second-order valence-electron chi connectivity index (χ2n) is 11.4. The first-order valence-corrected chi connectivity index (χ1v) is 13.4. The van der Waals surface area contributed by atoms with Gasteiger partial charge in [-0.3, -0.25) is 0 Å². The summed E-state index contributed by atoms with van der Waals surface area (Å²) in [4.78, 5) is 0. The van der Waals surface area contributed by atoms with Crippen LogP contribution in [0.5, 0.6) is 0 Å². The van der Waals surface area contributed by atoms with E-state index < -0.39 is 37.6 Å². The van der Waals surface area contributed by atoms with E-state index in [1.807, 2.05) is 6.08 Å². The summed E-state index contributed by atoms with van der Waals surface area (Å²) in [6.45, 7) is 2.85. The molecule has 200 valence electrons. The monoisotopic (exact) mass is 496 g/mol. The van der Waals surface area contributed by atoms with Gasteiger partial charge in [-0.1, -0.05) is 51.0 Å². The Hall–Kier alpha value is -0.980. The van der Waals surface area contributed by atoms with Crippen molar-refractivity contribution in [2.45, 2.75) is 116 Å². The maximum atomic E-state index is 10.7. The van der Waals surface area contributed by atoms with E-state index in [9.17, 15) is 15.3 Å². The molecule has 0 amide bonds. The zero-order chi connectivity index (χ0) is 30.8. The van der Waals surface area contributed by atoms with Crippen LogP contribution < -0.4 is 0 Å². The summed E-state index contributed by atoms with van der Waals surface area (Å²) in [7, 11) is 0. The van der Waals surface area contributed by atoms with Gasteiger partial charge in [0, 0.05) is 27.9 Å². The van der Waals surface area contributed by atoms with E-state index >= 15 is 0 Å². The third-order valence-corrected chi connectivity index (χ3v) is 8.92. The lowest BCUT2D eigenvalue weighted by molar-refractivity contribution is -0.0968. The van der Waals surface area contributed by atoms with Gasteiger partial charge in [0.15, 0.2) is 0 Å². The molecule has 0 bridgehead atoms. The molecule has 0 unspecified atom stereocenters. The van der Waals surface area contributed by atoms with E-state index in [1.54, 1.807) is 0 Å². The molecule has 3 aliphatic carbocycles. The van der Waals surface area contributed by atoms with Crippen LogP contribution in [0.2, 0.25) is 0 Å². The van der Waals surface area contributed by atoms with E-state index in [2.05, 4.69) is 26.5 Å². The van der Waals surface area contributed by atoms with Gasteiger partial charge in [0.1, 0.15) is 12.2 Å². The third kappa shape index (κ3) is 6.87. The second-order valence-corrected chi connectivity index (χ2v) is 11.4. The van der Waals surface area contributed by atoms with Gasteiger partial charge >= 0.3 is 0 Å². The predicted molar refractivity (Wildman–Crippen MR) is 141 cm³/mol. The van der Waals surface area contributed by atoms with Crippen molar-refractivity contribution < 1.29 is 33.4 Å². The fraction of sp³-hybridized carbons (Fsp3) is 0.800. The van der Waals surface area contributed by atoms with Crippen molar-refractivity contribution in [3.63, 3.8) is 0 Å². The second kappa shape index (κ2) is 12.0. The van der Waals surface area contributed by atoms with Crippen LogP contribution >= 0.6 is 0 Å². The number of hydrogen-bond donors (Lipinski definition) is 4. The summed E-state index contributed by atoms with van der Waals surface area (Å²) < 4.78 is 51.4. The zero-order valence-electron chi connectivity index (χ0n) is 27.5. The van der Waals surface area contributed by atoms with E-state index in [1.165, 1.54) is 5.57 Å². The maximum Gasteiger partial charge on any atom is 0.114 e.